The zero-order valence-electron chi connectivity index (χ0n) is 9.10. The minimum Gasteiger partial charge on any atom is -0.345 e. The number of amides is 1. The molecule has 1 N–H and O–H groups in total. The Hall–Kier alpha value is -0.610. The number of rotatable bonds is 3. The number of alkyl halides is 1. The van der Waals surface area contributed by atoms with Gasteiger partial charge in [-0.05, 0) is 53.4 Å². The molecular formula is C12H12BrClFNO. The summed E-state index contributed by atoms with van der Waals surface area (Å²) in [4.78, 5) is 11.9. The molecular weight excluding hydrogens is 308 g/mol. The quantitative estimate of drug-likeness (QED) is 0.849. The Balaban J connectivity index is 2.11. The lowest BCUT2D eigenvalue weighted by Gasteiger charge is -2.41. The molecule has 1 aromatic rings. The minimum absolute atomic E-state index is 0.267. The van der Waals surface area contributed by atoms with Crippen LogP contribution >= 0.6 is 27.5 Å². The smallest absolute Gasteiger partial charge is 0.251 e. The fraction of sp³-hybridized carbons (Fsp3) is 0.417. The van der Waals surface area contributed by atoms with E-state index in [4.69, 9.17) is 11.6 Å². The van der Waals surface area contributed by atoms with Crippen molar-refractivity contribution in [2.75, 3.05) is 5.88 Å². The molecule has 0 atom stereocenters. The molecule has 1 amide bonds. The monoisotopic (exact) mass is 319 g/mol. The second kappa shape index (κ2) is 4.94. The lowest BCUT2D eigenvalue weighted by atomic mass is 9.78. The van der Waals surface area contributed by atoms with E-state index in [9.17, 15) is 9.18 Å². The van der Waals surface area contributed by atoms with E-state index >= 15 is 0 Å². The molecule has 0 radical (unpaired) electrons. The van der Waals surface area contributed by atoms with Gasteiger partial charge >= 0.3 is 0 Å². The van der Waals surface area contributed by atoms with Crippen molar-refractivity contribution in [2.24, 2.45) is 0 Å². The van der Waals surface area contributed by atoms with E-state index in [0.717, 1.165) is 19.3 Å². The van der Waals surface area contributed by atoms with Gasteiger partial charge in [-0.3, -0.25) is 4.79 Å². The van der Waals surface area contributed by atoms with Crippen molar-refractivity contribution in [3.05, 3.63) is 34.1 Å². The molecule has 0 aliphatic heterocycles. The lowest BCUT2D eigenvalue weighted by molar-refractivity contribution is 0.0853. The van der Waals surface area contributed by atoms with Gasteiger partial charge in [0.2, 0.25) is 0 Å². The minimum atomic E-state index is -0.439. The Bertz CT molecular complexity index is 443. The first-order chi connectivity index (χ1) is 8.06. The summed E-state index contributed by atoms with van der Waals surface area (Å²) in [6.07, 6.45) is 2.85. The summed E-state index contributed by atoms with van der Waals surface area (Å²) in [5.74, 6) is -0.305. The first-order valence-corrected chi connectivity index (χ1v) is 6.73. The van der Waals surface area contributed by atoms with Crippen molar-refractivity contribution >= 4 is 33.4 Å². The van der Waals surface area contributed by atoms with E-state index in [0.29, 0.717) is 15.9 Å². The van der Waals surface area contributed by atoms with Gasteiger partial charge in [0, 0.05) is 11.4 Å². The van der Waals surface area contributed by atoms with Crippen LogP contribution in [-0.4, -0.2) is 17.3 Å². The van der Waals surface area contributed by atoms with Gasteiger partial charge in [0.15, 0.2) is 0 Å². The molecule has 92 valence electrons. The van der Waals surface area contributed by atoms with Crippen LogP contribution in [0.4, 0.5) is 4.39 Å². The van der Waals surface area contributed by atoms with E-state index in [-0.39, 0.29) is 11.4 Å². The van der Waals surface area contributed by atoms with Gasteiger partial charge in [-0.1, -0.05) is 0 Å². The maximum absolute atomic E-state index is 13.3. The Kier molecular flexibility index (Phi) is 3.73. The maximum Gasteiger partial charge on any atom is 0.251 e. The maximum atomic E-state index is 13.3. The van der Waals surface area contributed by atoms with Crippen molar-refractivity contribution in [3.63, 3.8) is 0 Å². The summed E-state index contributed by atoms with van der Waals surface area (Å²) < 4.78 is 13.6. The summed E-state index contributed by atoms with van der Waals surface area (Å²) in [6.45, 7) is 0. The average Bonchev–Trinajstić information content (AvgIpc) is 2.27. The summed E-state index contributed by atoms with van der Waals surface area (Å²) in [6, 6.07) is 4.33. The van der Waals surface area contributed by atoms with E-state index < -0.39 is 5.82 Å². The molecule has 2 rings (SSSR count). The SMILES string of the molecule is O=C(NC1(CCl)CCC1)c1ccc(Br)c(F)c1. The molecule has 1 aromatic carbocycles. The predicted octanol–water partition coefficient (Wildman–Crippen LogP) is 3.48. The van der Waals surface area contributed by atoms with E-state index in [1.54, 1.807) is 6.07 Å². The number of hydrogen-bond donors (Lipinski definition) is 1. The first-order valence-electron chi connectivity index (χ1n) is 5.40. The molecule has 1 saturated carbocycles. The number of nitrogens with one attached hydrogen (secondary N) is 1. The zero-order valence-corrected chi connectivity index (χ0v) is 11.4. The van der Waals surface area contributed by atoms with Crippen molar-refractivity contribution < 1.29 is 9.18 Å². The largest absolute Gasteiger partial charge is 0.345 e. The number of hydrogen-bond acceptors (Lipinski definition) is 1. The van der Waals surface area contributed by atoms with Gasteiger partial charge in [0.25, 0.3) is 5.91 Å². The molecule has 5 heteroatoms. The number of carbonyl (C=O) groups excluding carboxylic acids is 1. The van der Waals surface area contributed by atoms with Crippen LogP contribution in [0.2, 0.25) is 0 Å². The molecule has 0 aromatic heterocycles. The normalized spacial score (nSPS) is 17.4. The third-order valence-electron chi connectivity index (χ3n) is 3.13. The highest BCUT2D eigenvalue weighted by Crippen LogP contribution is 2.33. The average molecular weight is 321 g/mol. The fourth-order valence-corrected chi connectivity index (χ4v) is 2.43. The summed E-state index contributed by atoms with van der Waals surface area (Å²) in [7, 11) is 0. The van der Waals surface area contributed by atoms with E-state index in [1.165, 1.54) is 12.1 Å². The molecule has 1 aliphatic carbocycles. The van der Waals surface area contributed by atoms with Crippen LogP contribution in [0.3, 0.4) is 0 Å². The van der Waals surface area contributed by atoms with Crippen LogP contribution in [-0.2, 0) is 0 Å². The predicted molar refractivity (Wildman–Crippen MR) is 68.9 cm³/mol. The number of halogens is 3. The van der Waals surface area contributed by atoms with Crippen LogP contribution in [0.15, 0.2) is 22.7 Å². The van der Waals surface area contributed by atoms with Crippen LogP contribution < -0.4 is 5.32 Å². The molecule has 0 heterocycles. The molecule has 2 nitrogen and oxygen atoms in total. The summed E-state index contributed by atoms with van der Waals surface area (Å²) in [5.41, 5.74) is 0.0319. The number of benzene rings is 1. The van der Waals surface area contributed by atoms with Crippen LogP contribution in [0.5, 0.6) is 0 Å². The molecule has 0 unspecified atom stereocenters. The van der Waals surface area contributed by atoms with Gasteiger partial charge in [-0.2, -0.15) is 0 Å². The Morgan fingerprint density at radius 1 is 1.53 bits per heavy atom. The Labute approximate surface area is 113 Å². The second-order valence-electron chi connectivity index (χ2n) is 4.35. The van der Waals surface area contributed by atoms with E-state index in [2.05, 4.69) is 21.2 Å². The van der Waals surface area contributed by atoms with Crippen molar-refractivity contribution in [2.45, 2.75) is 24.8 Å². The molecule has 17 heavy (non-hydrogen) atoms. The second-order valence-corrected chi connectivity index (χ2v) is 5.47. The Morgan fingerprint density at radius 2 is 2.24 bits per heavy atom. The first kappa shape index (κ1) is 12.8. The third-order valence-corrected chi connectivity index (χ3v) is 4.28. The van der Waals surface area contributed by atoms with Gasteiger partial charge in [-0.15, -0.1) is 11.6 Å². The standard InChI is InChI=1S/C12H12BrClFNO/c13-9-3-2-8(6-10(9)15)11(17)16-12(7-14)4-1-5-12/h2-3,6H,1,4-5,7H2,(H,16,17). The molecule has 1 fully saturated rings. The van der Waals surface area contributed by atoms with Crippen molar-refractivity contribution in [1.82, 2.24) is 5.32 Å². The fourth-order valence-electron chi connectivity index (χ4n) is 1.85. The van der Waals surface area contributed by atoms with Crippen molar-refractivity contribution in [3.8, 4) is 0 Å². The lowest BCUT2D eigenvalue weighted by Crippen LogP contribution is -2.55. The molecule has 1 aliphatic rings. The topological polar surface area (TPSA) is 29.1 Å². The molecule has 0 saturated heterocycles. The Morgan fingerprint density at radius 3 is 2.71 bits per heavy atom. The van der Waals surface area contributed by atoms with E-state index in [1.807, 2.05) is 0 Å². The van der Waals surface area contributed by atoms with Crippen LogP contribution in [0, 0.1) is 5.82 Å². The summed E-state index contributed by atoms with van der Waals surface area (Å²) >= 11 is 8.90. The van der Waals surface area contributed by atoms with Crippen LogP contribution in [0.25, 0.3) is 0 Å². The van der Waals surface area contributed by atoms with Gasteiger partial charge < -0.3 is 5.32 Å². The molecule has 0 spiro atoms. The van der Waals surface area contributed by atoms with Gasteiger partial charge in [0.05, 0.1) is 10.0 Å². The van der Waals surface area contributed by atoms with Crippen molar-refractivity contribution in [1.29, 1.82) is 0 Å². The highest BCUT2D eigenvalue weighted by atomic mass is 79.9. The third kappa shape index (κ3) is 2.63. The zero-order chi connectivity index (χ0) is 12.5. The highest BCUT2D eigenvalue weighted by Gasteiger charge is 2.37. The van der Waals surface area contributed by atoms with Gasteiger partial charge in [0.1, 0.15) is 5.82 Å². The van der Waals surface area contributed by atoms with Crippen LogP contribution in [0.1, 0.15) is 29.6 Å². The number of carbonyl (C=O) groups is 1. The van der Waals surface area contributed by atoms with Gasteiger partial charge in [-0.25, -0.2) is 4.39 Å². The highest BCUT2D eigenvalue weighted by molar-refractivity contribution is 9.10. The summed E-state index contributed by atoms with van der Waals surface area (Å²) in [5, 5.41) is 2.89. The molecule has 0 bridgehead atoms.